The molecular weight excluding hydrogens is 378 g/mol. The first kappa shape index (κ1) is 20.0. The molecule has 1 amide bonds. The first-order valence-corrected chi connectivity index (χ1v) is 10.4. The molecule has 3 aromatic rings. The highest BCUT2D eigenvalue weighted by molar-refractivity contribution is 5.94. The molecule has 1 aliphatic rings. The maximum absolute atomic E-state index is 13.1. The predicted octanol–water partition coefficient (Wildman–Crippen LogP) is 4.09. The van der Waals surface area contributed by atoms with Gasteiger partial charge >= 0.3 is 0 Å². The molecule has 0 bridgehead atoms. The lowest BCUT2D eigenvalue weighted by Gasteiger charge is -2.10. The topological polar surface area (TPSA) is 65.4 Å². The molecule has 156 valence electrons. The van der Waals surface area contributed by atoms with Gasteiger partial charge in [-0.3, -0.25) is 4.79 Å². The molecule has 0 fully saturated rings. The highest BCUT2D eigenvalue weighted by atomic mass is 16.5. The van der Waals surface area contributed by atoms with Crippen molar-refractivity contribution in [2.24, 2.45) is 0 Å². The van der Waals surface area contributed by atoms with Gasteiger partial charge in [-0.05, 0) is 55.5 Å². The lowest BCUT2D eigenvalue weighted by molar-refractivity contribution is 0.0944. The van der Waals surface area contributed by atoms with Gasteiger partial charge in [0, 0.05) is 17.8 Å². The molecule has 6 nitrogen and oxygen atoms in total. The van der Waals surface area contributed by atoms with E-state index in [1.54, 1.807) is 14.2 Å². The van der Waals surface area contributed by atoms with Crippen molar-refractivity contribution in [3.8, 4) is 17.2 Å². The summed E-state index contributed by atoms with van der Waals surface area (Å²) >= 11 is 0. The van der Waals surface area contributed by atoms with Crippen LogP contribution in [0.3, 0.4) is 0 Å². The van der Waals surface area contributed by atoms with Gasteiger partial charge in [0.15, 0.2) is 17.2 Å². The number of methoxy groups -OCH3 is 2. The number of benzene rings is 2. The molecule has 1 aromatic heterocycles. The zero-order valence-corrected chi connectivity index (χ0v) is 17.5. The molecule has 0 aliphatic heterocycles. The van der Waals surface area contributed by atoms with Gasteiger partial charge in [0.25, 0.3) is 5.91 Å². The summed E-state index contributed by atoms with van der Waals surface area (Å²) in [4.78, 5) is 13.1. The Kier molecular flexibility index (Phi) is 6.02. The van der Waals surface area contributed by atoms with Crippen molar-refractivity contribution in [3.05, 3.63) is 71.0 Å². The fourth-order valence-electron chi connectivity index (χ4n) is 4.00. The number of aromatic nitrogens is 2. The Balaban J connectivity index is 1.59. The third kappa shape index (κ3) is 4.03. The molecule has 2 aromatic carbocycles. The van der Waals surface area contributed by atoms with Gasteiger partial charge in [0.2, 0.25) is 0 Å². The molecule has 1 heterocycles. The smallest absolute Gasteiger partial charge is 0.272 e. The molecule has 0 saturated heterocycles. The number of hydrogen-bond donors (Lipinski definition) is 1. The molecule has 0 radical (unpaired) electrons. The van der Waals surface area contributed by atoms with E-state index in [2.05, 4.69) is 5.32 Å². The number of para-hydroxylation sites is 1. The minimum absolute atomic E-state index is 0.141. The second-order valence-electron chi connectivity index (χ2n) is 7.45. The van der Waals surface area contributed by atoms with Crippen molar-refractivity contribution < 1.29 is 14.3 Å². The monoisotopic (exact) mass is 405 g/mol. The second kappa shape index (κ2) is 9.03. The van der Waals surface area contributed by atoms with Crippen molar-refractivity contribution in [1.29, 1.82) is 0 Å². The van der Waals surface area contributed by atoms with E-state index in [0.29, 0.717) is 23.7 Å². The van der Waals surface area contributed by atoms with E-state index in [0.717, 1.165) is 48.2 Å². The van der Waals surface area contributed by atoms with Crippen LogP contribution in [-0.2, 0) is 19.4 Å². The molecule has 0 saturated carbocycles. The molecule has 0 atom stereocenters. The summed E-state index contributed by atoms with van der Waals surface area (Å²) in [7, 11) is 3.21. The number of hydrogen-bond acceptors (Lipinski definition) is 4. The van der Waals surface area contributed by atoms with Crippen molar-refractivity contribution in [3.63, 3.8) is 0 Å². The maximum Gasteiger partial charge on any atom is 0.272 e. The van der Waals surface area contributed by atoms with Crippen LogP contribution >= 0.6 is 0 Å². The molecule has 0 spiro atoms. The van der Waals surface area contributed by atoms with Crippen LogP contribution in [0.1, 0.15) is 46.6 Å². The fourth-order valence-corrected chi connectivity index (χ4v) is 4.00. The Labute approximate surface area is 176 Å². The lowest BCUT2D eigenvalue weighted by atomic mass is 10.1. The second-order valence-corrected chi connectivity index (χ2v) is 7.45. The number of ether oxygens (including phenoxy) is 2. The number of amides is 1. The van der Waals surface area contributed by atoms with E-state index < -0.39 is 0 Å². The number of nitrogens with one attached hydrogen (secondary N) is 1. The molecule has 4 rings (SSSR count). The van der Waals surface area contributed by atoms with E-state index in [1.807, 2.05) is 53.2 Å². The minimum Gasteiger partial charge on any atom is -0.493 e. The van der Waals surface area contributed by atoms with Gasteiger partial charge in [-0.1, -0.05) is 30.7 Å². The van der Waals surface area contributed by atoms with Crippen LogP contribution in [0.4, 0.5) is 0 Å². The quantitative estimate of drug-likeness (QED) is 0.628. The largest absolute Gasteiger partial charge is 0.493 e. The summed E-state index contributed by atoms with van der Waals surface area (Å²) in [5, 5.41) is 7.77. The van der Waals surface area contributed by atoms with Crippen molar-refractivity contribution in [2.45, 2.75) is 38.6 Å². The van der Waals surface area contributed by atoms with E-state index in [9.17, 15) is 4.79 Å². The first-order valence-electron chi connectivity index (χ1n) is 10.4. The zero-order valence-electron chi connectivity index (χ0n) is 17.5. The first-order chi connectivity index (χ1) is 14.7. The average Bonchev–Trinajstić information content (AvgIpc) is 2.98. The van der Waals surface area contributed by atoms with Crippen molar-refractivity contribution in [2.75, 3.05) is 14.2 Å². The van der Waals surface area contributed by atoms with E-state index in [4.69, 9.17) is 14.6 Å². The Bertz CT molecular complexity index is 1030. The third-order valence-corrected chi connectivity index (χ3v) is 5.55. The summed E-state index contributed by atoms with van der Waals surface area (Å²) in [5.74, 6) is 1.17. The van der Waals surface area contributed by atoms with Crippen molar-refractivity contribution >= 4 is 5.91 Å². The maximum atomic E-state index is 13.1. The highest BCUT2D eigenvalue weighted by Gasteiger charge is 2.24. The van der Waals surface area contributed by atoms with Crippen LogP contribution < -0.4 is 14.8 Å². The average molecular weight is 405 g/mol. The van der Waals surface area contributed by atoms with Gasteiger partial charge in [0.1, 0.15) is 0 Å². The molecule has 1 N–H and O–H groups in total. The number of carbonyl (C=O) groups is 1. The number of rotatable bonds is 6. The van der Waals surface area contributed by atoms with Crippen LogP contribution in [0.5, 0.6) is 11.5 Å². The number of fused-ring (bicyclic) bond motifs is 1. The highest BCUT2D eigenvalue weighted by Crippen LogP contribution is 2.28. The number of nitrogens with zero attached hydrogens (tertiary/aromatic N) is 2. The van der Waals surface area contributed by atoms with Gasteiger partial charge in [0.05, 0.1) is 19.9 Å². The Morgan fingerprint density at radius 1 is 1.00 bits per heavy atom. The Morgan fingerprint density at radius 3 is 2.53 bits per heavy atom. The third-order valence-electron chi connectivity index (χ3n) is 5.55. The standard InChI is InChI=1S/C24H27N3O3/c1-29-21-14-13-17(15-22(21)30-2)16-25-24(28)23-19-11-7-4-8-12-20(19)27(26-23)18-9-5-3-6-10-18/h3,5-6,9-10,13-15H,4,7-8,11-12,16H2,1-2H3,(H,25,28). The van der Waals surface area contributed by atoms with Crippen LogP contribution in [0.2, 0.25) is 0 Å². The minimum atomic E-state index is -0.141. The van der Waals surface area contributed by atoms with Gasteiger partial charge < -0.3 is 14.8 Å². The van der Waals surface area contributed by atoms with Crippen LogP contribution in [-0.4, -0.2) is 29.9 Å². The summed E-state index contributed by atoms with van der Waals surface area (Å²) < 4.78 is 12.6. The zero-order chi connectivity index (χ0) is 20.9. The Morgan fingerprint density at radius 2 is 1.77 bits per heavy atom. The summed E-state index contributed by atoms with van der Waals surface area (Å²) in [6, 6.07) is 15.7. The molecule has 30 heavy (non-hydrogen) atoms. The van der Waals surface area contributed by atoms with E-state index >= 15 is 0 Å². The number of carbonyl (C=O) groups excluding carboxylic acids is 1. The van der Waals surface area contributed by atoms with Gasteiger partial charge in [-0.2, -0.15) is 5.10 Å². The summed E-state index contributed by atoms with van der Waals surface area (Å²) in [6.45, 7) is 0.395. The van der Waals surface area contributed by atoms with Crippen molar-refractivity contribution in [1.82, 2.24) is 15.1 Å². The SMILES string of the molecule is COc1ccc(CNC(=O)c2nn(-c3ccccc3)c3c2CCCCC3)cc1OC. The van der Waals surface area contributed by atoms with Gasteiger partial charge in [-0.15, -0.1) is 0 Å². The van der Waals surface area contributed by atoms with E-state index in [-0.39, 0.29) is 5.91 Å². The van der Waals surface area contributed by atoms with E-state index in [1.165, 1.54) is 6.42 Å². The molecular formula is C24H27N3O3. The fraction of sp³-hybridized carbons (Fsp3) is 0.333. The van der Waals surface area contributed by atoms with Crippen LogP contribution in [0.25, 0.3) is 5.69 Å². The Hall–Kier alpha value is -3.28. The summed E-state index contributed by atoms with van der Waals surface area (Å²) in [6.07, 6.45) is 5.22. The van der Waals surface area contributed by atoms with Gasteiger partial charge in [-0.25, -0.2) is 4.68 Å². The predicted molar refractivity (Wildman–Crippen MR) is 116 cm³/mol. The summed E-state index contributed by atoms with van der Waals surface area (Å²) in [5.41, 5.74) is 4.72. The normalized spacial score (nSPS) is 13.3. The lowest BCUT2D eigenvalue weighted by Crippen LogP contribution is -2.24. The molecule has 0 unspecified atom stereocenters. The molecule has 6 heteroatoms. The van der Waals surface area contributed by atoms with Crippen LogP contribution in [0.15, 0.2) is 48.5 Å². The van der Waals surface area contributed by atoms with Crippen LogP contribution in [0, 0.1) is 0 Å². The molecule has 1 aliphatic carbocycles.